The summed E-state index contributed by atoms with van der Waals surface area (Å²) in [5, 5.41) is 0. The van der Waals surface area contributed by atoms with Crippen molar-refractivity contribution < 1.29 is 8.78 Å². The lowest BCUT2D eigenvalue weighted by Gasteiger charge is -2.36. The van der Waals surface area contributed by atoms with Gasteiger partial charge in [-0.1, -0.05) is 49.6 Å². The van der Waals surface area contributed by atoms with E-state index in [1.165, 1.54) is 18.6 Å². The summed E-state index contributed by atoms with van der Waals surface area (Å²) >= 11 is 0. The highest BCUT2D eigenvalue weighted by Gasteiger charge is 2.36. The molecule has 0 saturated heterocycles. The average Bonchev–Trinajstić information content (AvgIpc) is 2.53. The first-order valence-electron chi connectivity index (χ1n) is 8.01. The van der Waals surface area contributed by atoms with Gasteiger partial charge in [-0.2, -0.15) is 8.78 Å². The van der Waals surface area contributed by atoms with Gasteiger partial charge in [0.2, 0.25) is 0 Å². The molecule has 0 atom stereocenters. The van der Waals surface area contributed by atoms with Gasteiger partial charge in [-0.05, 0) is 32.4 Å². The van der Waals surface area contributed by atoms with Crippen molar-refractivity contribution >= 4 is 0 Å². The van der Waals surface area contributed by atoms with E-state index in [1.54, 1.807) is 18.2 Å². The van der Waals surface area contributed by atoms with E-state index in [2.05, 4.69) is 0 Å². The van der Waals surface area contributed by atoms with Gasteiger partial charge in [0.15, 0.2) is 0 Å². The van der Waals surface area contributed by atoms with Crippen molar-refractivity contribution in [3.05, 3.63) is 35.9 Å². The minimum absolute atomic E-state index is 0.110. The number of hydrogen-bond donors (Lipinski definition) is 1. The van der Waals surface area contributed by atoms with Gasteiger partial charge in [0.05, 0.1) is 6.54 Å². The predicted octanol–water partition coefficient (Wildman–Crippen LogP) is 3.76. The molecule has 21 heavy (non-hydrogen) atoms. The Morgan fingerprint density at radius 1 is 1.10 bits per heavy atom. The summed E-state index contributed by atoms with van der Waals surface area (Å²) in [6.07, 6.45) is 6.39. The Balaban J connectivity index is 2.05. The second-order valence-corrected chi connectivity index (χ2v) is 5.98. The van der Waals surface area contributed by atoms with E-state index < -0.39 is 5.92 Å². The van der Waals surface area contributed by atoms with Crippen LogP contribution in [0.4, 0.5) is 8.78 Å². The molecule has 0 bridgehead atoms. The summed E-state index contributed by atoms with van der Waals surface area (Å²) < 4.78 is 29.0. The van der Waals surface area contributed by atoms with Crippen LogP contribution in [-0.4, -0.2) is 30.6 Å². The van der Waals surface area contributed by atoms with Gasteiger partial charge in [0.25, 0.3) is 5.92 Å². The van der Waals surface area contributed by atoms with E-state index in [0.717, 1.165) is 32.1 Å². The highest BCUT2D eigenvalue weighted by atomic mass is 19.3. The van der Waals surface area contributed by atoms with Crippen molar-refractivity contribution in [1.29, 1.82) is 0 Å². The predicted molar refractivity (Wildman–Crippen MR) is 82.5 cm³/mol. The summed E-state index contributed by atoms with van der Waals surface area (Å²) in [4.78, 5) is 1.97. The van der Waals surface area contributed by atoms with E-state index in [-0.39, 0.29) is 12.1 Å². The topological polar surface area (TPSA) is 29.3 Å². The minimum Gasteiger partial charge on any atom is -0.330 e. The summed E-state index contributed by atoms with van der Waals surface area (Å²) in [7, 11) is 0. The van der Waals surface area contributed by atoms with Crippen LogP contribution in [0.3, 0.4) is 0 Å². The molecule has 0 unspecified atom stereocenters. The van der Waals surface area contributed by atoms with Crippen molar-refractivity contribution in [2.45, 2.75) is 50.5 Å². The first-order valence-corrected chi connectivity index (χ1v) is 8.01. The Morgan fingerprint density at radius 3 is 2.38 bits per heavy atom. The molecular weight excluding hydrogens is 270 g/mol. The molecule has 1 saturated carbocycles. The molecule has 0 amide bonds. The molecule has 118 valence electrons. The van der Waals surface area contributed by atoms with Crippen LogP contribution in [0.2, 0.25) is 0 Å². The number of halogens is 2. The molecule has 0 heterocycles. The molecule has 2 nitrogen and oxygen atoms in total. The van der Waals surface area contributed by atoms with Gasteiger partial charge in [-0.25, -0.2) is 0 Å². The van der Waals surface area contributed by atoms with Crippen LogP contribution < -0.4 is 5.73 Å². The number of nitrogens with two attached hydrogens (primary N) is 1. The molecule has 0 aliphatic heterocycles. The van der Waals surface area contributed by atoms with E-state index in [1.807, 2.05) is 4.90 Å². The number of alkyl halides is 2. The second kappa shape index (κ2) is 7.85. The molecule has 1 aromatic carbocycles. The lowest BCUT2D eigenvalue weighted by molar-refractivity contribution is -0.0518. The maximum atomic E-state index is 14.5. The molecule has 1 aliphatic carbocycles. The number of rotatable bonds is 7. The van der Waals surface area contributed by atoms with E-state index >= 15 is 0 Å². The van der Waals surface area contributed by atoms with Gasteiger partial charge in [-0.3, -0.25) is 4.90 Å². The van der Waals surface area contributed by atoms with Crippen LogP contribution in [0.25, 0.3) is 0 Å². The largest absolute Gasteiger partial charge is 0.330 e. The lowest BCUT2D eigenvalue weighted by Crippen LogP contribution is -2.44. The molecule has 1 aliphatic rings. The van der Waals surface area contributed by atoms with Crippen LogP contribution in [0.1, 0.15) is 44.1 Å². The molecule has 0 aromatic heterocycles. The van der Waals surface area contributed by atoms with Crippen LogP contribution in [0.15, 0.2) is 30.3 Å². The van der Waals surface area contributed by atoms with Crippen molar-refractivity contribution in [1.82, 2.24) is 4.90 Å². The Morgan fingerprint density at radius 2 is 1.76 bits per heavy atom. The fraction of sp³-hybridized carbons (Fsp3) is 0.647. The Bertz CT molecular complexity index is 403. The number of benzene rings is 1. The van der Waals surface area contributed by atoms with Gasteiger partial charge in [0, 0.05) is 11.6 Å². The third-order valence-corrected chi connectivity index (χ3v) is 4.34. The molecular formula is C17H26F2N2. The lowest BCUT2D eigenvalue weighted by atomic mass is 9.93. The SMILES string of the molecule is NCCCN(CC(F)(F)c1ccccc1)C1CCCCC1. The standard InChI is InChI=1S/C17H26F2N2/c18-17(19,15-8-3-1-4-9-15)14-21(13-7-12-20)16-10-5-2-6-11-16/h1,3-4,8-9,16H,2,5-7,10-14,20H2. The maximum Gasteiger partial charge on any atom is 0.285 e. The Kier molecular flexibility index (Phi) is 6.12. The average molecular weight is 296 g/mol. The quantitative estimate of drug-likeness (QED) is 0.830. The smallest absolute Gasteiger partial charge is 0.285 e. The van der Waals surface area contributed by atoms with Gasteiger partial charge < -0.3 is 5.73 Å². The zero-order valence-electron chi connectivity index (χ0n) is 12.6. The van der Waals surface area contributed by atoms with Crippen molar-refractivity contribution in [2.75, 3.05) is 19.6 Å². The second-order valence-electron chi connectivity index (χ2n) is 5.98. The van der Waals surface area contributed by atoms with Crippen LogP contribution >= 0.6 is 0 Å². The fourth-order valence-electron chi connectivity index (χ4n) is 3.16. The molecule has 1 aromatic rings. The summed E-state index contributed by atoms with van der Waals surface area (Å²) in [6.45, 7) is 1.03. The van der Waals surface area contributed by atoms with Gasteiger partial charge in [-0.15, -0.1) is 0 Å². The highest BCUT2D eigenvalue weighted by molar-refractivity contribution is 5.20. The third kappa shape index (κ3) is 4.75. The van der Waals surface area contributed by atoms with Crippen molar-refractivity contribution in [2.24, 2.45) is 5.73 Å². The summed E-state index contributed by atoms with van der Waals surface area (Å²) in [6, 6.07) is 8.44. The first-order chi connectivity index (χ1) is 10.1. The van der Waals surface area contributed by atoms with Crippen molar-refractivity contribution in [3.8, 4) is 0 Å². The molecule has 4 heteroatoms. The zero-order valence-corrected chi connectivity index (χ0v) is 12.6. The van der Waals surface area contributed by atoms with Gasteiger partial charge in [0.1, 0.15) is 0 Å². The summed E-state index contributed by atoms with van der Waals surface area (Å²) in [5.41, 5.74) is 5.68. The van der Waals surface area contributed by atoms with Crippen molar-refractivity contribution in [3.63, 3.8) is 0 Å². The first kappa shape index (κ1) is 16.4. The molecule has 2 N–H and O–H groups in total. The molecule has 0 radical (unpaired) electrons. The van der Waals surface area contributed by atoms with Crippen LogP contribution in [0, 0.1) is 0 Å². The molecule has 2 rings (SSSR count). The van der Waals surface area contributed by atoms with Gasteiger partial charge >= 0.3 is 0 Å². The van der Waals surface area contributed by atoms with E-state index in [0.29, 0.717) is 19.1 Å². The highest BCUT2D eigenvalue weighted by Crippen LogP contribution is 2.32. The summed E-state index contributed by atoms with van der Waals surface area (Å²) in [5.74, 6) is -2.80. The normalized spacial score (nSPS) is 17.3. The monoisotopic (exact) mass is 296 g/mol. The maximum absolute atomic E-state index is 14.5. The van der Waals surface area contributed by atoms with E-state index in [4.69, 9.17) is 5.73 Å². The fourth-order valence-corrected chi connectivity index (χ4v) is 3.16. The Labute approximate surface area is 126 Å². The molecule has 0 spiro atoms. The number of nitrogens with zero attached hydrogens (tertiary/aromatic N) is 1. The third-order valence-electron chi connectivity index (χ3n) is 4.34. The van der Waals surface area contributed by atoms with Crippen LogP contribution in [0.5, 0.6) is 0 Å². The van der Waals surface area contributed by atoms with Crippen LogP contribution in [-0.2, 0) is 5.92 Å². The number of hydrogen-bond acceptors (Lipinski definition) is 2. The molecule has 1 fully saturated rings. The minimum atomic E-state index is -2.80. The van der Waals surface area contributed by atoms with E-state index in [9.17, 15) is 8.78 Å². The zero-order chi connectivity index (χ0) is 15.1. The Hall–Kier alpha value is -1.00.